The monoisotopic (exact) mass is 340 g/mol. The van der Waals surface area contributed by atoms with Crippen molar-refractivity contribution in [1.29, 1.82) is 5.26 Å². The molecule has 1 atom stereocenters. The summed E-state index contributed by atoms with van der Waals surface area (Å²) in [6, 6.07) is 10.6. The molecule has 0 radical (unpaired) electrons. The Kier molecular flexibility index (Phi) is 5.79. The Morgan fingerprint density at radius 1 is 1.32 bits per heavy atom. The molecule has 0 aliphatic heterocycles. The molecule has 1 heterocycles. The van der Waals surface area contributed by atoms with Crippen LogP contribution in [0.15, 0.2) is 30.3 Å². The third-order valence-electron chi connectivity index (χ3n) is 3.61. The molecular formula is C18H20N4O3. The number of hydrogen-bond donors (Lipinski definition) is 3. The fourth-order valence-corrected chi connectivity index (χ4v) is 2.32. The van der Waals surface area contributed by atoms with E-state index in [-0.39, 0.29) is 29.0 Å². The van der Waals surface area contributed by atoms with Crippen molar-refractivity contribution in [2.45, 2.75) is 20.0 Å². The molecule has 0 unspecified atom stereocenters. The molecule has 1 aromatic heterocycles. The number of aromatic nitrogens is 1. The van der Waals surface area contributed by atoms with E-state index < -0.39 is 6.10 Å². The van der Waals surface area contributed by atoms with Crippen LogP contribution in [-0.2, 0) is 0 Å². The molecule has 0 saturated carbocycles. The molecule has 0 fully saturated rings. The first-order valence-electron chi connectivity index (χ1n) is 7.90. The summed E-state index contributed by atoms with van der Waals surface area (Å²) in [6.07, 6.45) is -0.408. The van der Waals surface area contributed by atoms with Gasteiger partial charge in [-0.3, -0.25) is 9.59 Å². The molecule has 0 spiro atoms. The van der Waals surface area contributed by atoms with E-state index in [1.54, 1.807) is 18.2 Å². The van der Waals surface area contributed by atoms with E-state index in [0.717, 1.165) is 5.56 Å². The normalized spacial score (nSPS) is 11.3. The van der Waals surface area contributed by atoms with Crippen molar-refractivity contribution in [2.75, 3.05) is 13.6 Å². The molecule has 7 heteroatoms. The Morgan fingerprint density at radius 3 is 2.72 bits per heavy atom. The minimum Gasteiger partial charge on any atom is -0.484 e. The van der Waals surface area contributed by atoms with Crippen LogP contribution < -0.4 is 15.4 Å². The van der Waals surface area contributed by atoms with Gasteiger partial charge >= 0.3 is 0 Å². The van der Waals surface area contributed by atoms with Gasteiger partial charge in [-0.1, -0.05) is 12.1 Å². The highest BCUT2D eigenvalue weighted by molar-refractivity contribution is 5.99. The maximum Gasteiger partial charge on any atom is 0.271 e. The van der Waals surface area contributed by atoms with Crippen molar-refractivity contribution >= 4 is 11.8 Å². The molecule has 0 bridgehead atoms. The van der Waals surface area contributed by atoms with Crippen LogP contribution >= 0.6 is 0 Å². The zero-order valence-electron chi connectivity index (χ0n) is 14.3. The lowest BCUT2D eigenvalue weighted by Gasteiger charge is -2.15. The number of nitriles is 1. The second-order valence-electron chi connectivity index (χ2n) is 5.36. The van der Waals surface area contributed by atoms with Gasteiger partial charge in [0.15, 0.2) is 5.75 Å². The molecular weight excluding hydrogens is 320 g/mol. The number of aromatic amines is 1. The van der Waals surface area contributed by atoms with Gasteiger partial charge in [-0.15, -0.1) is 0 Å². The third kappa shape index (κ3) is 4.18. The Balaban J connectivity index is 2.31. The summed E-state index contributed by atoms with van der Waals surface area (Å²) in [5, 5.41) is 14.2. The van der Waals surface area contributed by atoms with Gasteiger partial charge in [0.1, 0.15) is 17.5 Å². The molecule has 7 nitrogen and oxygen atoms in total. The van der Waals surface area contributed by atoms with Crippen molar-refractivity contribution in [3.8, 4) is 11.8 Å². The summed E-state index contributed by atoms with van der Waals surface area (Å²) in [5.41, 5.74) is 1.74. The minimum atomic E-state index is -0.408. The first kappa shape index (κ1) is 18.1. The highest BCUT2D eigenvalue weighted by Crippen LogP contribution is 2.27. The second-order valence-corrected chi connectivity index (χ2v) is 5.36. The summed E-state index contributed by atoms with van der Waals surface area (Å²) in [6.45, 7) is 4.09. The molecule has 2 rings (SSSR count). The van der Waals surface area contributed by atoms with Crippen LogP contribution in [0.4, 0.5) is 0 Å². The number of H-pyrrole nitrogens is 1. The lowest BCUT2D eigenvalue weighted by molar-refractivity contribution is 0.0951. The van der Waals surface area contributed by atoms with E-state index in [1.807, 2.05) is 19.9 Å². The number of nitrogens with zero attached hydrogens (tertiary/aromatic N) is 1. The van der Waals surface area contributed by atoms with Crippen molar-refractivity contribution in [1.82, 2.24) is 15.6 Å². The molecule has 0 aliphatic carbocycles. The SMILES string of the molecule is CCNC(=O)c1cc(O[C@@H](C)c2cccc(C#N)c2)c(C(=O)NC)[nH]1. The lowest BCUT2D eigenvalue weighted by atomic mass is 10.1. The third-order valence-corrected chi connectivity index (χ3v) is 3.61. The Bertz CT molecular complexity index is 820. The largest absolute Gasteiger partial charge is 0.484 e. The van der Waals surface area contributed by atoms with Crippen LogP contribution in [0.2, 0.25) is 0 Å². The maximum absolute atomic E-state index is 12.0. The summed E-state index contributed by atoms with van der Waals surface area (Å²) in [4.78, 5) is 26.8. The number of carbonyl (C=O) groups excluding carboxylic acids is 2. The average molecular weight is 340 g/mol. The fourth-order valence-electron chi connectivity index (χ4n) is 2.32. The van der Waals surface area contributed by atoms with Crippen LogP contribution in [-0.4, -0.2) is 30.4 Å². The van der Waals surface area contributed by atoms with E-state index >= 15 is 0 Å². The molecule has 130 valence electrons. The highest BCUT2D eigenvalue weighted by Gasteiger charge is 2.21. The predicted octanol–water partition coefficient (Wildman–Crippen LogP) is 2.14. The quantitative estimate of drug-likeness (QED) is 0.749. The molecule has 1 aromatic carbocycles. The summed E-state index contributed by atoms with van der Waals surface area (Å²) in [5.74, 6) is -0.430. The number of ether oxygens (including phenoxy) is 1. The van der Waals surface area contributed by atoms with Crippen molar-refractivity contribution in [3.63, 3.8) is 0 Å². The van der Waals surface area contributed by atoms with Gasteiger partial charge in [0.05, 0.1) is 11.6 Å². The Labute approximate surface area is 146 Å². The fraction of sp³-hybridized carbons (Fsp3) is 0.278. The smallest absolute Gasteiger partial charge is 0.271 e. The molecule has 25 heavy (non-hydrogen) atoms. The van der Waals surface area contributed by atoms with E-state index in [0.29, 0.717) is 12.1 Å². The Hall–Kier alpha value is -3.27. The van der Waals surface area contributed by atoms with Crippen LogP contribution in [0.5, 0.6) is 5.75 Å². The van der Waals surface area contributed by atoms with Crippen LogP contribution in [0.25, 0.3) is 0 Å². The van der Waals surface area contributed by atoms with Crippen LogP contribution in [0.1, 0.15) is 52.1 Å². The summed E-state index contributed by atoms with van der Waals surface area (Å²) < 4.78 is 5.88. The second kappa shape index (κ2) is 8.02. The summed E-state index contributed by atoms with van der Waals surface area (Å²) >= 11 is 0. The van der Waals surface area contributed by atoms with E-state index in [4.69, 9.17) is 10.00 Å². The maximum atomic E-state index is 12.0. The minimum absolute atomic E-state index is 0.173. The van der Waals surface area contributed by atoms with E-state index in [1.165, 1.54) is 13.1 Å². The zero-order valence-corrected chi connectivity index (χ0v) is 14.3. The van der Waals surface area contributed by atoms with Gasteiger partial charge in [0.25, 0.3) is 11.8 Å². The highest BCUT2D eigenvalue weighted by atomic mass is 16.5. The molecule has 2 aromatic rings. The zero-order chi connectivity index (χ0) is 18.4. The number of nitrogens with one attached hydrogen (secondary N) is 3. The molecule has 0 saturated heterocycles. The van der Waals surface area contributed by atoms with Crippen molar-refractivity contribution in [3.05, 3.63) is 52.8 Å². The van der Waals surface area contributed by atoms with E-state index in [9.17, 15) is 9.59 Å². The first-order chi connectivity index (χ1) is 12.0. The number of benzene rings is 1. The first-order valence-corrected chi connectivity index (χ1v) is 7.90. The Morgan fingerprint density at radius 2 is 2.08 bits per heavy atom. The number of hydrogen-bond acceptors (Lipinski definition) is 4. The van der Waals surface area contributed by atoms with Crippen molar-refractivity contribution in [2.24, 2.45) is 0 Å². The van der Waals surface area contributed by atoms with E-state index in [2.05, 4.69) is 21.7 Å². The van der Waals surface area contributed by atoms with Crippen LogP contribution in [0, 0.1) is 11.3 Å². The standard InChI is InChI=1S/C18H20N4O3/c1-4-21-17(23)14-9-15(16(22-14)18(24)20-3)25-11(2)13-7-5-6-12(8-13)10-19/h5-9,11,22H,4H2,1-3H3,(H,20,24)(H,21,23)/t11-/m0/s1. The van der Waals surface area contributed by atoms with Gasteiger partial charge in [0, 0.05) is 19.7 Å². The number of rotatable bonds is 6. The number of carbonyl (C=O) groups is 2. The van der Waals surface area contributed by atoms with Gasteiger partial charge in [-0.25, -0.2) is 0 Å². The van der Waals surface area contributed by atoms with Crippen molar-refractivity contribution < 1.29 is 14.3 Å². The van der Waals surface area contributed by atoms with Gasteiger partial charge < -0.3 is 20.4 Å². The average Bonchev–Trinajstić information content (AvgIpc) is 3.05. The molecule has 3 N–H and O–H groups in total. The van der Waals surface area contributed by atoms with Crippen LogP contribution in [0.3, 0.4) is 0 Å². The lowest BCUT2D eigenvalue weighted by Crippen LogP contribution is -2.23. The van der Waals surface area contributed by atoms with Gasteiger partial charge in [-0.05, 0) is 31.5 Å². The molecule has 2 amide bonds. The predicted molar refractivity (Wildman–Crippen MR) is 92.4 cm³/mol. The van der Waals surface area contributed by atoms with Gasteiger partial charge in [-0.2, -0.15) is 5.26 Å². The summed E-state index contributed by atoms with van der Waals surface area (Å²) in [7, 11) is 1.50. The van der Waals surface area contributed by atoms with Gasteiger partial charge in [0.2, 0.25) is 0 Å². The topological polar surface area (TPSA) is 107 Å². The molecule has 0 aliphatic rings. The number of amides is 2.